The SMILES string of the molecule is CCC(NCc1cccs1)(C(=O)OC)c1cccc(Cl)c1. The van der Waals surface area contributed by atoms with E-state index in [-0.39, 0.29) is 5.97 Å². The smallest absolute Gasteiger partial charge is 0.330 e. The molecule has 0 aliphatic heterocycles. The Morgan fingerprint density at radius 1 is 1.38 bits per heavy atom. The molecule has 21 heavy (non-hydrogen) atoms. The van der Waals surface area contributed by atoms with Crippen molar-refractivity contribution in [3.8, 4) is 0 Å². The maximum Gasteiger partial charge on any atom is 0.330 e. The van der Waals surface area contributed by atoms with E-state index in [1.54, 1.807) is 17.4 Å². The van der Waals surface area contributed by atoms with Gasteiger partial charge < -0.3 is 4.74 Å². The lowest BCUT2D eigenvalue weighted by Gasteiger charge is -2.31. The van der Waals surface area contributed by atoms with E-state index in [9.17, 15) is 4.79 Å². The first-order chi connectivity index (χ1) is 10.1. The van der Waals surface area contributed by atoms with E-state index in [1.807, 2.05) is 42.6 Å². The standard InChI is InChI=1S/C16H18ClNO2S/c1-3-16(15(19)20-2,12-6-4-7-13(17)10-12)18-11-14-8-5-9-21-14/h4-10,18H,3,11H2,1-2H3. The number of carbonyl (C=O) groups is 1. The zero-order chi connectivity index (χ0) is 15.3. The highest BCUT2D eigenvalue weighted by molar-refractivity contribution is 7.09. The monoisotopic (exact) mass is 323 g/mol. The molecule has 0 spiro atoms. The van der Waals surface area contributed by atoms with Gasteiger partial charge in [0.1, 0.15) is 5.54 Å². The average molecular weight is 324 g/mol. The molecule has 1 heterocycles. The van der Waals surface area contributed by atoms with Crippen molar-refractivity contribution in [2.45, 2.75) is 25.4 Å². The largest absolute Gasteiger partial charge is 0.467 e. The lowest BCUT2D eigenvalue weighted by Crippen LogP contribution is -2.49. The van der Waals surface area contributed by atoms with Gasteiger partial charge in [-0.05, 0) is 35.6 Å². The number of methoxy groups -OCH3 is 1. The molecule has 0 amide bonds. The van der Waals surface area contributed by atoms with Crippen molar-refractivity contribution in [3.05, 3.63) is 57.2 Å². The van der Waals surface area contributed by atoms with E-state index >= 15 is 0 Å². The predicted octanol–water partition coefficient (Wildman–Crippen LogP) is 3.97. The molecule has 112 valence electrons. The molecule has 0 aliphatic carbocycles. The summed E-state index contributed by atoms with van der Waals surface area (Å²) in [5.41, 5.74) is -0.0650. The van der Waals surface area contributed by atoms with Crippen LogP contribution in [0, 0.1) is 0 Å². The second kappa shape index (κ2) is 7.07. The molecule has 0 saturated heterocycles. The number of benzene rings is 1. The minimum atomic E-state index is -0.885. The fraction of sp³-hybridized carbons (Fsp3) is 0.312. The number of rotatable bonds is 6. The van der Waals surface area contributed by atoms with E-state index in [1.165, 1.54) is 12.0 Å². The van der Waals surface area contributed by atoms with Crippen LogP contribution in [0.25, 0.3) is 0 Å². The lowest BCUT2D eigenvalue weighted by molar-refractivity contribution is -0.149. The minimum Gasteiger partial charge on any atom is -0.467 e. The first-order valence-electron chi connectivity index (χ1n) is 6.74. The number of halogens is 1. The zero-order valence-corrected chi connectivity index (χ0v) is 13.6. The molecular weight excluding hydrogens is 306 g/mol. The molecule has 1 aromatic heterocycles. The molecule has 0 radical (unpaired) electrons. The molecule has 0 saturated carbocycles. The Hall–Kier alpha value is -1.36. The Kier molecular flexibility index (Phi) is 5.39. The summed E-state index contributed by atoms with van der Waals surface area (Å²) in [6, 6.07) is 11.4. The van der Waals surface area contributed by atoms with Gasteiger partial charge in [0.05, 0.1) is 7.11 Å². The molecule has 0 bridgehead atoms. The molecule has 0 fully saturated rings. The van der Waals surface area contributed by atoms with Gasteiger partial charge in [-0.3, -0.25) is 5.32 Å². The molecule has 1 unspecified atom stereocenters. The number of ether oxygens (including phenoxy) is 1. The Balaban J connectivity index is 2.35. The van der Waals surface area contributed by atoms with Crippen LogP contribution >= 0.6 is 22.9 Å². The fourth-order valence-electron chi connectivity index (χ4n) is 2.34. The summed E-state index contributed by atoms with van der Waals surface area (Å²) in [5, 5.41) is 5.98. The summed E-state index contributed by atoms with van der Waals surface area (Å²) < 4.78 is 5.03. The maximum atomic E-state index is 12.4. The fourth-order valence-corrected chi connectivity index (χ4v) is 3.18. The van der Waals surface area contributed by atoms with Crippen molar-refractivity contribution in [3.63, 3.8) is 0 Å². The van der Waals surface area contributed by atoms with E-state index in [0.29, 0.717) is 18.0 Å². The van der Waals surface area contributed by atoms with Gasteiger partial charge in [0.2, 0.25) is 0 Å². The predicted molar refractivity (Wildman–Crippen MR) is 86.6 cm³/mol. The number of carbonyl (C=O) groups excluding carboxylic acids is 1. The highest BCUT2D eigenvalue weighted by Gasteiger charge is 2.39. The van der Waals surface area contributed by atoms with Crippen LogP contribution in [0.5, 0.6) is 0 Å². The van der Waals surface area contributed by atoms with E-state index in [4.69, 9.17) is 16.3 Å². The van der Waals surface area contributed by atoms with Crippen LogP contribution in [0.4, 0.5) is 0 Å². The summed E-state index contributed by atoms with van der Waals surface area (Å²) in [6.45, 7) is 2.56. The van der Waals surface area contributed by atoms with Gasteiger partial charge in [0.15, 0.2) is 0 Å². The second-order valence-electron chi connectivity index (χ2n) is 4.69. The van der Waals surface area contributed by atoms with Crippen molar-refractivity contribution >= 4 is 28.9 Å². The Morgan fingerprint density at radius 3 is 2.76 bits per heavy atom. The summed E-state index contributed by atoms with van der Waals surface area (Å²) >= 11 is 7.73. The second-order valence-corrected chi connectivity index (χ2v) is 6.16. The van der Waals surface area contributed by atoms with Gasteiger partial charge in [-0.2, -0.15) is 0 Å². The Bertz CT molecular complexity index is 600. The molecule has 0 aliphatic rings. The quantitative estimate of drug-likeness (QED) is 0.817. The van der Waals surface area contributed by atoms with Crippen molar-refractivity contribution in [1.82, 2.24) is 5.32 Å². The van der Waals surface area contributed by atoms with Crippen LogP contribution in [0.15, 0.2) is 41.8 Å². The van der Waals surface area contributed by atoms with Crippen LogP contribution in [-0.4, -0.2) is 13.1 Å². The molecule has 1 atom stereocenters. The normalized spacial score (nSPS) is 13.7. The first kappa shape index (κ1) is 16.0. The van der Waals surface area contributed by atoms with Crippen LogP contribution in [-0.2, 0) is 21.6 Å². The maximum absolute atomic E-state index is 12.4. The lowest BCUT2D eigenvalue weighted by atomic mass is 9.87. The number of esters is 1. The first-order valence-corrected chi connectivity index (χ1v) is 8.00. The van der Waals surface area contributed by atoms with Gasteiger partial charge in [-0.25, -0.2) is 4.79 Å². The van der Waals surface area contributed by atoms with Gasteiger partial charge in [-0.1, -0.05) is 36.7 Å². The van der Waals surface area contributed by atoms with Gasteiger partial charge in [-0.15, -0.1) is 11.3 Å². The highest BCUT2D eigenvalue weighted by atomic mass is 35.5. The number of nitrogens with one attached hydrogen (secondary N) is 1. The Labute approximate surface area is 133 Å². The van der Waals surface area contributed by atoms with Crippen molar-refractivity contribution in [2.75, 3.05) is 7.11 Å². The zero-order valence-electron chi connectivity index (χ0n) is 12.1. The average Bonchev–Trinajstić information content (AvgIpc) is 3.01. The van der Waals surface area contributed by atoms with Crippen molar-refractivity contribution < 1.29 is 9.53 Å². The minimum absolute atomic E-state index is 0.302. The summed E-state index contributed by atoms with van der Waals surface area (Å²) in [6.07, 6.45) is 0.575. The summed E-state index contributed by atoms with van der Waals surface area (Å²) in [7, 11) is 1.41. The van der Waals surface area contributed by atoms with Crippen LogP contribution in [0.3, 0.4) is 0 Å². The van der Waals surface area contributed by atoms with Gasteiger partial charge in [0, 0.05) is 16.4 Å². The topological polar surface area (TPSA) is 38.3 Å². The third-order valence-corrected chi connectivity index (χ3v) is 4.64. The number of hydrogen-bond donors (Lipinski definition) is 1. The number of thiophene rings is 1. The van der Waals surface area contributed by atoms with E-state index in [2.05, 4.69) is 5.32 Å². The van der Waals surface area contributed by atoms with Gasteiger partial charge in [0.25, 0.3) is 0 Å². The summed E-state index contributed by atoms with van der Waals surface area (Å²) in [5.74, 6) is -0.302. The third-order valence-electron chi connectivity index (χ3n) is 3.53. The molecule has 1 aromatic carbocycles. The van der Waals surface area contributed by atoms with E-state index in [0.717, 1.165) is 5.56 Å². The summed E-state index contributed by atoms with van der Waals surface area (Å²) in [4.78, 5) is 13.6. The Morgan fingerprint density at radius 2 is 2.19 bits per heavy atom. The molecule has 2 rings (SSSR count). The number of hydrogen-bond acceptors (Lipinski definition) is 4. The van der Waals surface area contributed by atoms with Crippen molar-refractivity contribution in [1.29, 1.82) is 0 Å². The highest BCUT2D eigenvalue weighted by Crippen LogP contribution is 2.29. The molecule has 5 heteroatoms. The molecule has 1 N–H and O–H groups in total. The van der Waals surface area contributed by atoms with Crippen molar-refractivity contribution in [2.24, 2.45) is 0 Å². The van der Waals surface area contributed by atoms with E-state index < -0.39 is 5.54 Å². The van der Waals surface area contributed by atoms with Crippen LogP contribution < -0.4 is 5.32 Å². The molecular formula is C16H18ClNO2S. The van der Waals surface area contributed by atoms with Crippen LogP contribution in [0.1, 0.15) is 23.8 Å². The molecule has 2 aromatic rings. The van der Waals surface area contributed by atoms with Crippen LogP contribution in [0.2, 0.25) is 5.02 Å². The van der Waals surface area contributed by atoms with Gasteiger partial charge >= 0.3 is 5.97 Å². The molecule has 3 nitrogen and oxygen atoms in total. The third kappa shape index (κ3) is 3.46.